The maximum atomic E-state index is 12.9. The quantitative estimate of drug-likeness (QED) is 0.547. The Bertz CT molecular complexity index is 1280. The minimum absolute atomic E-state index is 0.0342. The largest absolute Gasteiger partial charge is 0.495 e. The lowest BCUT2D eigenvalue weighted by Gasteiger charge is -2.21. The number of para-hydroxylation sites is 2. The Kier molecular flexibility index (Phi) is 6.41. The molecule has 0 fully saturated rings. The minimum Gasteiger partial charge on any atom is -0.495 e. The Labute approximate surface area is 192 Å². The summed E-state index contributed by atoms with van der Waals surface area (Å²) in [5, 5.41) is 2.90. The predicted octanol–water partition coefficient (Wildman–Crippen LogP) is 3.76. The third-order valence-electron chi connectivity index (χ3n) is 5.17. The molecule has 0 saturated carbocycles. The summed E-state index contributed by atoms with van der Waals surface area (Å²) in [6, 6.07) is 17.7. The number of rotatable bonds is 7. The van der Waals surface area contributed by atoms with Crippen molar-refractivity contribution in [3.05, 3.63) is 77.9 Å². The van der Waals surface area contributed by atoms with Gasteiger partial charge < -0.3 is 19.5 Å². The molecular weight excluding hydrogens is 444 g/mol. The molecule has 0 aliphatic carbocycles. The molecule has 0 spiro atoms. The number of hydrogen-bond acceptors (Lipinski definition) is 6. The van der Waals surface area contributed by atoms with Gasteiger partial charge in [-0.2, -0.15) is 0 Å². The number of benzene rings is 3. The van der Waals surface area contributed by atoms with Gasteiger partial charge in [-0.15, -0.1) is 0 Å². The van der Waals surface area contributed by atoms with E-state index in [1.165, 1.54) is 25.3 Å². The van der Waals surface area contributed by atoms with Crippen molar-refractivity contribution in [1.29, 1.82) is 0 Å². The van der Waals surface area contributed by atoms with E-state index in [-0.39, 0.29) is 16.5 Å². The van der Waals surface area contributed by atoms with Crippen LogP contribution >= 0.6 is 0 Å². The fourth-order valence-electron chi connectivity index (χ4n) is 3.43. The van der Waals surface area contributed by atoms with E-state index in [9.17, 15) is 13.2 Å². The molecule has 9 heteroatoms. The lowest BCUT2D eigenvalue weighted by molar-refractivity contribution is 0.0939. The molecule has 0 unspecified atom stereocenters. The van der Waals surface area contributed by atoms with E-state index in [4.69, 9.17) is 14.2 Å². The van der Waals surface area contributed by atoms with Crippen molar-refractivity contribution in [2.45, 2.75) is 17.9 Å². The van der Waals surface area contributed by atoms with Crippen LogP contribution in [0.2, 0.25) is 0 Å². The summed E-state index contributed by atoms with van der Waals surface area (Å²) in [7, 11) is -2.47. The van der Waals surface area contributed by atoms with Crippen molar-refractivity contribution >= 4 is 21.6 Å². The number of amides is 1. The van der Waals surface area contributed by atoms with Crippen molar-refractivity contribution in [3.63, 3.8) is 0 Å². The van der Waals surface area contributed by atoms with Crippen molar-refractivity contribution < 1.29 is 27.4 Å². The number of methoxy groups -OCH3 is 1. The molecule has 1 atom stereocenters. The molecule has 172 valence electrons. The van der Waals surface area contributed by atoms with E-state index in [0.29, 0.717) is 36.1 Å². The smallest absolute Gasteiger partial charge is 0.262 e. The van der Waals surface area contributed by atoms with Gasteiger partial charge in [0.15, 0.2) is 11.5 Å². The number of carbonyl (C=O) groups excluding carboxylic acids is 1. The van der Waals surface area contributed by atoms with Crippen LogP contribution in [0.4, 0.5) is 5.69 Å². The van der Waals surface area contributed by atoms with E-state index >= 15 is 0 Å². The molecule has 0 aromatic heterocycles. The van der Waals surface area contributed by atoms with Crippen LogP contribution in [0, 0.1) is 0 Å². The van der Waals surface area contributed by atoms with E-state index in [0.717, 1.165) is 5.56 Å². The fraction of sp³-hybridized carbons (Fsp3) is 0.208. The van der Waals surface area contributed by atoms with Crippen LogP contribution in [0.5, 0.6) is 17.2 Å². The van der Waals surface area contributed by atoms with Gasteiger partial charge in [0.1, 0.15) is 19.0 Å². The number of ether oxygens (including phenoxy) is 3. The normalized spacial score (nSPS) is 13.6. The van der Waals surface area contributed by atoms with Gasteiger partial charge in [0, 0.05) is 5.56 Å². The zero-order valence-corrected chi connectivity index (χ0v) is 19.0. The maximum absolute atomic E-state index is 12.9. The van der Waals surface area contributed by atoms with Crippen LogP contribution in [0.15, 0.2) is 71.6 Å². The SMILES string of the molecule is COc1ccccc1NS(=O)(=O)c1cccc(C(=O)N[C@H](C)c2ccc3c(c2)OCCO3)c1. The summed E-state index contributed by atoms with van der Waals surface area (Å²) < 4.78 is 44.6. The highest BCUT2D eigenvalue weighted by atomic mass is 32.2. The van der Waals surface area contributed by atoms with Gasteiger partial charge in [-0.25, -0.2) is 8.42 Å². The molecule has 3 aromatic carbocycles. The average molecular weight is 469 g/mol. The second kappa shape index (κ2) is 9.41. The first-order valence-corrected chi connectivity index (χ1v) is 11.8. The number of carbonyl (C=O) groups is 1. The van der Waals surface area contributed by atoms with Crippen LogP contribution in [-0.4, -0.2) is 34.6 Å². The average Bonchev–Trinajstić information content (AvgIpc) is 2.84. The number of sulfonamides is 1. The summed E-state index contributed by atoms with van der Waals surface area (Å²) in [4.78, 5) is 12.8. The molecule has 0 radical (unpaired) electrons. The molecular formula is C24H24N2O6S. The van der Waals surface area contributed by atoms with Crippen molar-refractivity contribution in [3.8, 4) is 17.2 Å². The van der Waals surface area contributed by atoms with Crippen LogP contribution in [0.25, 0.3) is 0 Å². The summed E-state index contributed by atoms with van der Waals surface area (Å²) in [6.45, 7) is 2.82. The molecule has 2 N–H and O–H groups in total. The maximum Gasteiger partial charge on any atom is 0.262 e. The van der Waals surface area contributed by atoms with E-state index < -0.39 is 15.9 Å². The first kappa shape index (κ1) is 22.5. The van der Waals surface area contributed by atoms with Gasteiger partial charge in [-0.1, -0.05) is 24.3 Å². The number of nitrogens with one attached hydrogen (secondary N) is 2. The van der Waals surface area contributed by atoms with Gasteiger partial charge in [-0.3, -0.25) is 9.52 Å². The molecule has 3 aromatic rings. The van der Waals surface area contributed by atoms with E-state index in [2.05, 4.69) is 10.0 Å². The molecule has 1 heterocycles. The van der Waals surface area contributed by atoms with Crippen molar-refractivity contribution in [2.75, 3.05) is 25.0 Å². The molecule has 8 nitrogen and oxygen atoms in total. The van der Waals surface area contributed by atoms with Crippen molar-refractivity contribution in [2.24, 2.45) is 0 Å². The van der Waals surface area contributed by atoms with Crippen LogP contribution in [0.3, 0.4) is 0 Å². The standard InChI is InChI=1S/C24H24N2O6S/c1-16(17-10-11-22-23(15-17)32-13-12-31-22)25-24(27)18-6-5-7-19(14-18)33(28,29)26-20-8-3-4-9-21(20)30-2/h3-11,14-16,26H,12-13H2,1-2H3,(H,25,27)/t16-/m1/s1. The monoisotopic (exact) mass is 468 g/mol. The molecule has 1 aliphatic heterocycles. The molecule has 4 rings (SSSR count). The Morgan fingerprint density at radius 2 is 1.73 bits per heavy atom. The van der Waals surface area contributed by atoms with E-state index in [1.54, 1.807) is 30.3 Å². The summed E-state index contributed by atoms with van der Waals surface area (Å²) in [6.07, 6.45) is 0. The predicted molar refractivity (Wildman–Crippen MR) is 124 cm³/mol. The van der Waals surface area contributed by atoms with Gasteiger partial charge in [-0.05, 0) is 55.0 Å². The molecule has 0 bridgehead atoms. The summed E-state index contributed by atoms with van der Waals surface area (Å²) in [5.41, 5.74) is 1.37. The fourth-order valence-corrected chi connectivity index (χ4v) is 4.55. The lowest BCUT2D eigenvalue weighted by atomic mass is 10.1. The zero-order valence-electron chi connectivity index (χ0n) is 18.2. The Hall–Kier alpha value is -3.72. The number of anilines is 1. The number of fused-ring (bicyclic) bond motifs is 1. The first-order chi connectivity index (χ1) is 15.9. The lowest BCUT2D eigenvalue weighted by Crippen LogP contribution is -2.27. The third kappa shape index (κ3) is 5.04. The van der Waals surface area contributed by atoms with E-state index in [1.807, 2.05) is 25.1 Å². The first-order valence-electron chi connectivity index (χ1n) is 10.3. The highest BCUT2D eigenvalue weighted by Crippen LogP contribution is 2.32. The minimum atomic E-state index is -3.93. The van der Waals surface area contributed by atoms with Crippen LogP contribution in [0.1, 0.15) is 28.9 Å². The second-order valence-electron chi connectivity index (χ2n) is 7.43. The van der Waals surface area contributed by atoms with Crippen molar-refractivity contribution in [1.82, 2.24) is 5.32 Å². The summed E-state index contributed by atoms with van der Waals surface area (Å²) >= 11 is 0. The Morgan fingerprint density at radius 3 is 2.52 bits per heavy atom. The topological polar surface area (TPSA) is 103 Å². The van der Waals surface area contributed by atoms with Gasteiger partial charge >= 0.3 is 0 Å². The second-order valence-corrected chi connectivity index (χ2v) is 9.11. The highest BCUT2D eigenvalue weighted by molar-refractivity contribution is 7.92. The third-order valence-corrected chi connectivity index (χ3v) is 6.53. The van der Waals surface area contributed by atoms with Gasteiger partial charge in [0.25, 0.3) is 15.9 Å². The highest BCUT2D eigenvalue weighted by Gasteiger charge is 2.20. The number of hydrogen-bond donors (Lipinski definition) is 2. The Morgan fingerprint density at radius 1 is 0.970 bits per heavy atom. The Balaban J connectivity index is 1.50. The van der Waals surface area contributed by atoms with Gasteiger partial charge in [0.2, 0.25) is 0 Å². The molecule has 1 aliphatic rings. The van der Waals surface area contributed by atoms with Crippen LogP contribution in [-0.2, 0) is 10.0 Å². The summed E-state index contributed by atoms with van der Waals surface area (Å²) in [5.74, 6) is 1.30. The molecule has 0 saturated heterocycles. The zero-order chi connectivity index (χ0) is 23.4. The van der Waals surface area contributed by atoms with Gasteiger partial charge in [0.05, 0.1) is 23.7 Å². The van der Waals surface area contributed by atoms with Crippen LogP contribution < -0.4 is 24.2 Å². The molecule has 1 amide bonds. The molecule has 33 heavy (non-hydrogen) atoms.